The van der Waals surface area contributed by atoms with Crippen molar-refractivity contribution in [2.24, 2.45) is 35.5 Å². The third-order valence-electron chi connectivity index (χ3n) is 10.1. The summed E-state index contributed by atoms with van der Waals surface area (Å²) in [4.78, 5) is 0. The van der Waals surface area contributed by atoms with E-state index in [4.69, 9.17) is 11.6 Å². The van der Waals surface area contributed by atoms with Gasteiger partial charge in [-0.05, 0) is 134 Å². The number of benzene rings is 1. The molecule has 0 aliphatic heterocycles. The monoisotopic (exact) mass is 412 g/mol. The summed E-state index contributed by atoms with van der Waals surface area (Å²) < 4.78 is 0. The molecule has 8 fully saturated rings. The van der Waals surface area contributed by atoms with Gasteiger partial charge in [-0.3, -0.25) is 0 Å². The number of hydrogen-bond acceptors (Lipinski definition) is 0. The number of hydrogen-bond donors (Lipinski definition) is 0. The number of halogens is 1. The van der Waals surface area contributed by atoms with E-state index in [1.807, 2.05) is 0 Å². The predicted octanol–water partition coefficient (Wildman–Crippen LogP) is 7.38. The maximum Gasteiger partial charge on any atom is 0.0483 e. The highest BCUT2D eigenvalue weighted by atomic mass is 35.5. The van der Waals surface area contributed by atoms with Gasteiger partial charge in [0, 0.05) is 5.02 Å². The molecule has 0 saturated heterocycles. The highest BCUT2D eigenvalue weighted by molar-refractivity contribution is 7.69. The van der Waals surface area contributed by atoms with Crippen LogP contribution in [0.1, 0.15) is 77.0 Å². The first-order chi connectivity index (χ1) is 13.6. The van der Waals surface area contributed by atoms with E-state index >= 15 is 0 Å². The summed E-state index contributed by atoms with van der Waals surface area (Å²) in [7, 11) is -0.157. The molecule has 0 heterocycles. The van der Waals surface area contributed by atoms with E-state index in [1.54, 1.807) is 82.4 Å². The highest BCUT2D eigenvalue weighted by Gasteiger charge is 2.63. The highest BCUT2D eigenvalue weighted by Crippen LogP contribution is 2.78. The molecule has 0 spiro atoms. The Hall–Kier alpha value is -0.0600. The Kier molecular flexibility index (Phi) is 3.78. The zero-order chi connectivity index (χ0) is 18.5. The minimum atomic E-state index is -0.157. The van der Waals surface area contributed by atoms with E-state index in [2.05, 4.69) is 24.3 Å². The average Bonchev–Trinajstić information content (AvgIpc) is 2.61. The van der Waals surface area contributed by atoms with Crippen molar-refractivity contribution in [1.29, 1.82) is 0 Å². The summed E-state index contributed by atoms with van der Waals surface area (Å²) in [5.74, 6) is 6.29. The van der Waals surface area contributed by atoms with Gasteiger partial charge in [-0.15, -0.1) is 0 Å². The molecule has 0 amide bonds. The van der Waals surface area contributed by atoms with Crippen LogP contribution in [0.3, 0.4) is 0 Å². The second-order valence-electron chi connectivity index (χ2n) is 12.1. The standard InChI is InChI=1S/C26H34ClP/c27-23-3-1-2-4-24(23)28(25-11-17-5-18(12-25)7-19(6-17)13-25)26-14-20-8-21(15-26)10-22(9-20)16-26/h1-4,17-22H,5-16H2. The van der Waals surface area contributed by atoms with E-state index in [1.165, 1.54) is 0 Å². The predicted molar refractivity (Wildman–Crippen MR) is 120 cm³/mol. The Bertz CT molecular complexity index is 683. The van der Waals surface area contributed by atoms with E-state index < -0.39 is 0 Å². The van der Waals surface area contributed by atoms with Crippen LogP contribution in [0.15, 0.2) is 24.3 Å². The smallest absolute Gasteiger partial charge is 0.0483 e. The second-order valence-corrected chi connectivity index (χ2v) is 15.5. The number of rotatable bonds is 3. The molecular formula is C26H34ClP. The van der Waals surface area contributed by atoms with Crippen molar-refractivity contribution in [2.75, 3.05) is 0 Å². The lowest BCUT2D eigenvalue weighted by Gasteiger charge is -2.67. The topological polar surface area (TPSA) is 0 Å². The molecule has 0 aromatic heterocycles. The molecule has 28 heavy (non-hydrogen) atoms. The Labute approximate surface area is 176 Å². The molecule has 0 atom stereocenters. The summed E-state index contributed by atoms with van der Waals surface area (Å²) >= 11 is 7.02. The largest absolute Gasteiger partial charge is 0.0836 e. The van der Waals surface area contributed by atoms with Gasteiger partial charge in [-0.1, -0.05) is 37.7 Å². The van der Waals surface area contributed by atoms with Gasteiger partial charge >= 0.3 is 0 Å². The second kappa shape index (κ2) is 6.01. The SMILES string of the molecule is Clc1ccccc1P(C12CC3CC(CC(C3)C1)C2)C12CC3CC(CC(C3)C1)C2. The molecule has 9 rings (SSSR count). The lowest BCUT2D eigenvalue weighted by atomic mass is 9.55. The lowest BCUT2D eigenvalue weighted by molar-refractivity contribution is 0.0195. The summed E-state index contributed by atoms with van der Waals surface area (Å²) in [5.41, 5.74) is 0. The van der Waals surface area contributed by atoms with Gasteiger partial charge in [-0.2, -0.15) is 0 Å². The molecule has 1 aromatic rings. The van der Waals surface area contributed by atoms with Crippen LogP contribution in [0.25, 0.3) is 0 Å². The zero-order valence-corrected chi connectivity index (χ0v) is 18.7. The molecule has 8 saturated carbocycles. The lowest BCUT2D eigenvalue weighted by Crippen LogP contribution is -2.58. The van der Waals surface area contributed by atoms with Crippen molar-refractivity contribution in [2.45, 2.75) is 87.4 Å². The maximum absolute atomic E-state index is 7.02. The zero-order valence-electron chi connectivity index (χ0n) is 17.1. The van der Waals surface area contributed by atoms with Crippen LogP contribution in [-0.4, -0.2) is 10.3 Å². The molecule has 0 N–H and O–H groups in total. The van der Waals surface area contributed by atoms with Crippen molar-refractivity contribution in [3.63, 3.8) is 0 Å². The Morgan fingerprint density at radius 3 is 1.32 bits per heavy atom. The maximum atomic E-state index is 7.02. The summed E-state index contributed by atoms with van der Waals surface area (Å²) in [6.07, 6.45) is 18.7. The first-order valence-electron chi connectivity index (χ1n) is 12.2. The van der Waals surface area contributed by atoms with E-state index in [0.29, 0.717) is 10.3 Å². The van der Waals surface area contributed by atoms with Gasteiger partial charge in [-0.25, -0.2) is 0 Å². The van der Waals surface area contributed by atoms with Crippen molar-refractivity contribution in [3.05, 3.63) is 29.3 Å². The van der Waals surface area contributed by atoms with Gasteiger partial charge in [0.05, 0.1) is 0 Å². The van der Waals surface area contributed by atoms with E-state index in [9.17, 15) is 0 Å². The summed E-state index contributed by atoms with van der Waals surface area (Å²) in [5, 5.41) is 4.02. The molecule has 1 aromatic carbocycles. The van der Waals surface area contributed by atoms with Crippen LogP contribution >= 0.6 is 19.5 Å². The van der Waals surface area contributed by atoms with Crippen molar-refractivity contribution in [1.82, 2.24) is 0 Å². The minimum absolute atomic E-state index is 0.157. The average molecular weight is 413 g/mol. The van der Waals surface area contributed by atoms with E-state index in [0.717, 1.165) is 40.5 Å². The molecular weight excluding hydrogens is 379 g/mol. The molecule has 8 aliphatic carbocycles. The van der Waals surface area contributed by atoms with Crippen LogP contribution in [0.5, 0.6) is 0 Å². The first kappa shape index (κ1) is 17.6. The molecule has 0 nitrogen and oxygen atoms in total. The quantitative estimate of drug-likeness (QED) is 0.454. The van der Waals surface area contributed by atoms with E-state index in [-0.39, 0.29) is 7.92 Å². The Morgan fingerprint density at radius 1 is 0.607 bits per heavy atom. The third kappa shape index (κ3) is 2.46. The van der Waals surface area contributed by atoms with Crippen molar-refractivity contribution in [3.8, 4) is 0 Å². The fourth-order valence-corrected chi connectivity index (χ4v) is 15.9. The van der Waals surface area contributed by atoms with Crippen LogP contribution < -0.4 is 5.30 Å². The molecule has 2 heteroatoms. The van der Waals surface area contributed by atoms with Crippen LogP contribution in [0.4, 0.5) is 0 Å². The van der Waals surface area contributed by atoms with Gasteiger partial charge < -0.3 is 0 Å². The fraction of sp³-hybridized carbons (Fsp3) is 0.769. The molecule has 0 unspecified atom stereocenters. The summed E-state index contributed by atoms with van der Waals surface area (Å²) in [6, 6.07) is 9.16. The van der Waals surface area contributed by atoms with Crippen LogP contribution in [0, 0.1) is 35.5 Å². The Balaban J connectivity index is 1.39. The third-order valence-corrected chi connectivity index (χ3v) is 14.4. The van der Waals surface area contributed by atoms with Gasteiger partial charge in [0.2, 0.25) is 0 Å². The summed E-state index contributed by atoms with van der Waals surface area (Å²) in [6.45, 7) is 0. The fourth-order valence-electron chi connectivity index (χ4n) is 10.3. The molecule has 0 radical (unpaired) electrons. The molecule has 8 bridgehead atoms. The van der Waals surface area contributed by atoms with Crippen molar-refractivity contribution >= 4 is 24.8 Å². The molecule has 8 aliphatic rings. The van der Waals surface area contributed by atoms with Gasteiger partial charge in [0.1, 0.15) is 0 Å². The Morgan fingerprint density at radius 2 is 0.964 bits per heavy atom. The first-order valence-corrected chi connectivity index (χ1v) is 13.9. The minimum Gasteiger partial charge on any atom is -0.0836 e. The molecule has 150 valence electrons. The van der Waals surface area contributed by atoms with Gasteiger partial charge in [0.15, 0.2) is 0 Å². The van der Waals surface area contributed by atoms with Crippen molar-refractivity contribution < 1.29 is 0 Å². The van der Waals surface area contributed by atoms with Crippen LogP contribution in [0.2, 0.25) is 5.02 Å². The normalized spacial score (nSPS) is 51.6. The van der Waals surface area contributed by atoms with Gasteiger partial charge in [0.25, 0.3) is 0 Å². The van der Waals surface area contributed by atoms with Crippen LogP contribution in [-0.2, 0) is 0 Å².